The van der Waals surface area contributed by atoms with Crippen molar-refractivity contribution >= 4 is 6.08 Å². The molecule has 31 heavy (non-hydrogen) atoms. The van der Waals surface area contributed by atoms with Gasteiger partial charge in [-0.05, 0) is 37.3 Å². The van der Waals surface area contributed by atoms with Gasteiger partial charge in [-0.3, -0.25) is 0 Å². The number of hydrogen-bond donors (Lipinski definition) is 0. The lowest BCUT2D eigenvalue weighted by Crippen LogP contribution is -2.24. The van der Waals surface area contributed by atoms with Crippen molar-refractivity contribution in [2.75, 3.05) is 6.61 Å². The fourth-order valence-electron chi connectivity index (χ4n) is 4.48. The largest absolute Gasteiger partial charge is 0.450 e. The molecule has 0 amide bonds. The summed E-state index contributed by atoms with van der Waals surface area (Å²) in [4.78, 5) is 0. The first-order chi connectivity index (χ1) is 15.0. The molecule has 5 heteroatoms. The Labute approximate surface area is 182 Å². The first-order valence-corrected chi connectivity index (χ1v) is 11.3. The minimum Gasteiger partial charge on any atom is -0.450 e. The van der Waals surface area contributed by atoms with Gasteiger partial charge in [0, 0.05) is 29.0 Å². The summed E-state index contributed by atoms with van der Waals surface area (Å²) in [5.41, 5.74) is 1.90. The Hall–Kier alpha value is -2.27. The second kappa shape index (κ2) is 9.47. The molecule has 0 spiro atoms. The van der Waals surface area contributed by atoms with Gasteiger partial charge < -0.3 is 9.47 Å². The standard InChI is InChI=1S/C26H29F3O2/c1-3-5-18-13-20-14-19-11-10-17(9-7-16-8-12-21(6-4-2)30-15-16)23(28)25(19)31-26(20)24(29)22(18)27/h7,9-11,13,16,21H,3-6,8,12,14-15H2,1-2H3/b9-7+. The Balaban J connectivity index is 1.53. The predicted octanol–water partition coefficient (Wildman–Crippen LogP) is 7.36. The van der Waals surface area contributed by atoms with E-state index in [9.17, 15) is 8.78 Å². The summed E-state index contributed by atoms with van der Waals surface area (Å²) in [5.74, 6) is -2.45. The number of rotatable bonds is 6. The molecule has 2 aromatic carbocycles. The summed E-state index contributed by atoms with van der Waals surface area (Å²) >= 11 is 0. The monoisotopic (exact) mass is 430 g/mol. The molecule has 2 aliphatic rings. The minimum atomic E-state index is -1.03. The zero-order chi connectivity index (χ0) is 22.0. The van der Waals surface area contributed by atoms with Crippen LogP contribution >= 0.6 is 0 Å². The molecule has 0 aromatic heterocycles. The van der Waals surface area contributed by atoms with E-state index in [0.29, 0.717) is 54.2 Å². The van der Waals surface area contributed by atoms with Crippen molar-refractivity contribution < 1.29 is 22.6 Å². The van der Waals surface area contributed by atoms with E-state index in [1.807, 2.05) is 13.0 Å². The van der Waals surface area contributed by atoms with Crippen molar-refractivity contribution in [1.82, 2.24) is 0 Å². The Kier molecular flexibility index (Phi) is 6.71. The smallest absolute Gasteiger partial charge is 0.201 e. The number of aryl methyl sites for hydroxylation is 1. The third kappa shape index (κ3) is 4.52. The number of fused-ring (bicyclic) bond motifs is 2. The molecular weight excluding hydrogens is 401 g/mol. The summed E-state index contributed by atoms with van der Waals surface area (Å²) < 4.78 is 55.6. The van der Waals surface area contributed by atoms with Crippen molar-refractivity contribution in [1.29, 1.82) is 0 Å². The highest BCUT2D eigenvalue weighted by molar-refractivity contribution is 5.59. The van der Waals surface area contributed by atoms with Crippen LogP contribution in [0.2, 0.25) is 0 Å². The van der Waals surface area contributed by atoms with Crippen molar-refractivity contribution in [3.63, 3.8) is 0 Å². The van der Waals surface area contributed by atoms with E-state index in [0.717, 1.165) is 25.7 Å². The molecule has 1 fully saturated rings. The summed E-state index contributed by atoms with van der Waals surface area (Å²) in [6, 6.07) is 5.16. The average molecular weight is 431 g/mol. The van der Waals surface area contributed by atoms with Gasteiger partial charge in [-0.2, -0.15) is 4.39 Å². The van der Waals surface area contributed by atoms with Gasteiger partial charge in [-0.1, -0.05) is 51.0 Å². The summed E-state index contributed by atoms with van der Waals surface area (Å²) in [7, 11) is 0. The molecule has 166 valence electrons. The van der Waals surface area contributed by atoms with Gasteiger partial charge in [0.15, 0.2) is 23.1 Å². The molecule has 4 rings (SSSR count). The maximum atomic E-state index is 15.2. The van der Waals surface area contributed by atoms with E-state index in [-0.39, 0.29) is 17.4 Å². The number of hydrogen-bond acceptors (Lipinski definition) is 2. The molecule has 0 bridgehead atoms. The second-order valence-electron chi connectivity index (χ2n) is 8.58. The van der Waals surface area contributed by atoms with Crippen LogP contribution < -0.4 is 4.74 Å². The fraction of sp³-hybridized carbons (Fsp3) is 0.462. The van der Waals surface area contributed by atoms with Gasteiger partial charge >= 0.3 is 0 Å². The third-order valence-electron chi connectivity index (χ3n) is 6.19. The Morgan fingerprint density at radius 3 is 2.48 bits per heavy atom. The summed E-state index contributed by atoms with van der Waals surface area (Å²) in [6.45, 7) is 4.71. The molecule has 2 unspecified atom stereocenters. The van der Waals surface area contributed by atoms with Crippen LogP contribution in [-0.4, -0.2) is 12.7 Å². The normalized spacial score (nSPS) is 20.4. The van der Waals surface area contributed by atoms with E-state index < -0.39 is 17.5 Å². The maximum absolute atomic E-state index is 15.2. The van der Waals surface area contributed by atoms with Crippen LogP contribution in [-0.2, 0) is 17.6 Å². The number of ether oxygens (including phenoxy) is 2. The zero-order valence-electron chi connectivity index (χ0n) is 18.1. The van der Waals surface area contributed by atoms with Gasteiger partial charge in [-0.25, -0.2) is 8.78 Å². The fourth-order valence-corrected chi connectivity index (χ4v) is 4.48. The quantitative estimate of drug-likeness (QED) is 0.407. The molecule has 2 aromatic rings. The number of benzene rings is 2. The van der Waals surface area contributed by atoms with Crippen LogP contribution in [0.5, 0.6) is 11.5 Å². The topological polar surface area (TPSA) is 18.5 Å². The second-order valence-corrected chi connectivity index (χ2v) is 8.58. The summed E-state index contributed by atoms with van der Waals surface area (Å²) in [5, 5.41) is 0. The molecule has 0 aliphatic carbocycles. The SMILES string of the molecule is CCCc1cc2c(c(F)c1F)Oc1c(ccc(/C=C/C3CCC(CCC)OC3)c1F)C2. The summed E-state index contributed by atoms with van der Waals surface area (Å²) in [6.07, 6.45) is 9.73. The lowest BCUT2D eigenvalue weighted by molar-refractivity contribution is -0.00823. The van der Waals surface area contributed by atoms with Crippen molar-refractivity contribution in [3.05, 3.63) is 64.0 Å². The van der Waals surface area contributed by atoms with Gasteiger partial charge in [0.05, 0.1) is 12.7 Å². The Morgan fingerprint density at radius 1 is 0.968 bits per heavy atom. The van der Waals surface area contributed by atoms with Crippen LogP contribution in [0.25, 0.3) is 6.08 Å². The van der Waals surface area contributed by atoms with Crippen molar-refractivity contribution in [2.45, 2.75) is 64.9 Å². The van der Waals surface area contributed by atoms with Crippen LogP contribution in [0.15, 0.2) is 24.3 Å². The van der Waals surface area contributed by atoms with E-state index in [2.05, 4.69) is 6.92 Å². The third-order valence-corrected chi connectivity index (χ3v) is 6.19. The molecule has 2 aliphatic heterocycles. The Morgan fingerprint density at radius 2 is 1.77 bits per heavy atom. The lowest BCUT2D eigenvalue weighted by Gasteiger charge is -2.27. The molecular formula is C26H29F3O2. The molecule has 1 saturated heterocycles. The zero-order valence-corrected chi connectivity index (χ0v) is 18.1. The lowest BCUT2D eigenvalue weighted by atomic mass is 9.94. The molecule has 2 nitrogen and oxygen atoms in total. The first-order valence-electron chi connectivity index (χ1n) is 11.3. The van der Waals surface area contributed by atoms with E-state index in [1.54, 1.807) is 24.3 Å². The van der Waals surface area contributed by atoms with E-state index in [4.69, 9.17) is 9.47 Å². The van der Waals surface area contributed by atoms with Crippen LogP contribution in [0.3, 0.4) is 0 Å². The highest BCUT2D eigenvalue weighted by Gasteiger charge is 2.28. The minimum absolute atomic E-state index is 0.0147. The number of halogens is 3. The molecule has 2 heterocycles. The molecule has 2 atom stereocenters. The van der Waals surface area contributed by atoms with Gasteiger partial charge in [0.1, 0.15) is 0 Å². The van der Waals surface area contributed by atoms with Gasteiger partial charge in [0.2, 0.25) is 5.82 Å². The van der Waals surface area contributed by atoms with Gasteiger partial charge in [0.25, 0.3) is 0 Å². The first kappa shape index (κ1) is 21.9. The maximum Gasteiger partial charge on any atom is 0.201 e. The van der Waals surface area contributed by atoms with Crippen molar-refractivity contribution in [2.24, 2.45) is 5.92 Å². The van der Waals surface area contributed by atoms with Crippen LogP contribution in [0.4, 0.5) is 13.2 Å². The van der Waals surface area contributed by atoms with E-state index in [1.165, 1.54) is 0 Å². The van der Waals surface area contributed by atoms with Crippen LogP contribution in [0, 0.1) is 23.4 Å². The molecule has 0 radical (unpaired) electrons. The van der Waals surface area contributed by atoms with Crippen LogP contribution in [0.1, 0.15) is 68.2 Å². The predicted molar refractivity (Wildman–Crippen MR) is 116 cm³/mol. The Bertz CT molecular complexity index is 975. The van der Waals surface area contributed by atoms with Gasteiger partial charge in [-0.15, -0.1) is 0 Å². The molecule has 0 N–H and O–H groups in total. The molecule has 0 saturated carbocycles. The highest BCUT2D eigenvalue weighted by Crippen LogP contribution is 2.42. The average Bonchev–Trinajstić information content (AvgIpc) is 2.77. The van der Waals surface area contributed by atoms with Crippen molar-refractivity contribution in [3.8, 4) is 11.5 Å². The van der Waals surface area contributed by atoms with E-state index >= 15 is 4.39 Å². The highest BCUT2D eigenvalue weighted by atomic mass is 19.2.